The van der Waals surface area contributed by atoms with E-state index in [4.69, 9.17) is 4.74 Å². The predicted octanol–water partition coefficient (Wildman–Crippen LogP) is 3.47. The van der Waals surface area contributed by atoms with Gasteiger partial charge in [-0.15, -0.1) is 0 Å². The lowest BCUT2D eigenvalue weighted by Crippen LogP contribution is -2.45. The molecule has 0 spiro atoms. The van der Waals surface area contributed by atoms with Gasteiger partial charge in [0.2, 0.25) is 0 Å². The molecule has 0 bridgehead atoms. The van der Waals surface area contributed by atoms with Crippen LogP contribution in [0.5, 0.6) is 5.75 Å². The summed E-state index contributed by atoms with van der Waals surface area (Å²) < 4.78 is 5.52. The molecule has 1 fully saturated rings. The SMILES string of the molecule is CN=C(NCCc1c[nH]c2cccc(C)c12)NC1CCN(c2ccccc2OC)C1. The number of nitrogens with one attached hydrogen (secondary N) is 3. The van der Waals surface area contributed by atoms with Crippen LogP contribution >= 0.6 is 0 Å². The molecule has 6 heteroatoms. The Morgan fingerprint density at radius 1 is 1.23 bits per heavy atom. The van der Waals surface area contributed by atoms with Crippen LogP contribution in [0, 0.1) is 6.92 Å². The molecule has 3 aromatic rings. The number of aliphatic imine (C=N–C) groups is 1. The topological polar surface area (TPSA) is 64.7 Å². The number of anilines is 1. The number of para-hydroxylation sites is 2. The Bertz CT molecular complexity index is 1030. The molecule has 2 aromatic carbocycles. The van der Waals surface area contributed by atoms with Crippen molar-refractivity contribution in [2.45, 2.75) is 25.8 Å². The number of methoxy groups -OCH3 is 1. The van der Waals surface area contributed by atoms with Gasteiger partial charge >= 0.3 is 0 Å². The number of H-pyrrole nitrogens is 1. The summed E-state index contributed by atoms with van der Waals surface area (Å²) in [6.45, 7) is 4.94. The second kappa shape index (κ2) is 9.11. The highest BCUT2D eigenvalue weighted by Crippen LogP contribution is 2.30. The van der Waals surface area contributed by atoms with Crippen molar-refractivity contribution in [1.29, 1.82) is 0 Å². The Balaban J connectivity index is 1.31. The smallest absolute Gasteiger partial charge is 0.191 e. The first kappa shape index (κ1) is 20.1. The van der Waals surface area contributed by atoms with E-state index in [1.807, 2.05) is 19.2 Å². The summed E-state index contributed by atoms with van der Waals surface area (Å²) in [7, 11) is 3.56. The highest BCUT2D eigenvalue weighted by Gasteiger charge is 2.25. The quantitative estimate of drug-likeness (QED) is 0.434. The molecule has 3 N–H and O–H groups in total. The summed E-state index contributed by atoms with van der Waals surface area (Å²) in [4.78, 5) is 10.2. The lowest BCUT2D eigenvalue weighted by atomic mass is 10.1. The van der Waals surface area contributed by atoms with Crippen LogP contribution < -0.4 is 20.3 Å². The van der Waals surface area contributed by atoms with Crippen LogP contribution in [0.2, 0.25) is 0 Å². The van der Waals surface area contributed by atoms with Crippen molar-refractivity contribution in [3.63, 3.8) is 0 Å². The fourth-order valence-corrected chi connectivity index (χ4v) is 4.34. The number of guanidine groups is 1. The molecule has 2 heterocycles. The van der Waals surface area contributed by atoms with Crippen LogP contribution in [-0.4, -0.2) is 50.8 Å². The summed E-state index contributed by atoms with van der Waals surface area (Å²) in [6, 6.07) is 15.0. The summed E-state index contributed by atoms with van der Waals surface area (Å²) >= 11 is 0. The molecule has 6 nitrogen and oxygen atoms in total. The Morgan fingerprint density at radius 2 is 2.10 bits per heavy atom. The second-order valence-corrected chi connectivity index (χ2v) is 7.81. The first-order chi connectivity index (χ1) is 14.7. The third-order valence-corrected chi connectivity index (χ3v) is 5.86. The number of fused-ring (bicyclic) bond motifs is 1. The highest BCUT2D eigenvalue weighted by molar-refractivity contribution is 5.86. The molecule has 1 unspecified atom stereocenters. The predicted molar refractivity (Wildman–Crippen MR) is 125 cm³/mol. The lowest BCUT2D eigenvalue weighted by Gasteiger charge is -2.22. The maximum absolute atomic E-state index is 5.52. The minimum absolute atomic E-state index is 0.358. The number of aromatic amines is 1. The van der Waals surface area contributed by atoms with Gasteiger partial charge in [0.15, 0.2) is 5.96 Å². The lowest BCUT2D eigenvalue weighted by molar-refractivity contribution is 0.415. The Hall–Kier alpha value is -3.15. The standard InChI is InChI=1S/C24H31N5O/c1-17-7-6-8-20-23(17)18(15-27-20)11-13-26-24(25-2)28-19-12-14-29(16-19)21-9-4-5-10-22(21)30-3/h4-10,15,19,27H,11-14,16H2,1-3H3,(H2,25,26,28). The number of aromatic nitrogens is 1. The molecule has 0 aliphatic carbocycles. The highest BCUT2D eigenvalue weighted by atomic mass is 16.5. The van der Waals surface area contributed by atoms with E-state index in [9.17, 15) is 0 Å². The largest absolute Gasteiger partial charge is 0.495 e. The van der Waals surface area contributed by atoms with Gasteiger partial charge in [-0.3, -0.25) is 4.99 Å². The normalized spacial score (nSPS) is 16.8. The van der Waals surface area contributed by atoms with E-state index >= 15 is 0 Å². The summed E-state index contributed by atoms with van der Waals surface area (Å²) in [5.74, 6) is 1.79. The number of hydrogen-bond acceptors (Lipinski definition) is 3. The number of hydrogen-bond donors (Lipinski definition) is 3. The number of aryl methyl sites for hydroxylation is 1. The van der Waals surface area contributed by atoms with E-state index in [0.717, 1.165) is 49.9 Å². The van der Waals surface area contributed by atoms with E-state index in [0.29, 0.717) is 6.04 Å². The van der Waals surface area contributed by atoms with E-state index in [2.05, 4.69) is 69.0 Å². The van der Waals surface area contributed by atoms with Crippen molar-refractivity contribution in [1.82, 2.24) is 15.6 Å². The zero-order valence-electron chi connectivity index (χ0n) is 18.0. The van der Waals surface area contributed by atoms with Gasteiger partial charge in [-0.25, -0.2) is 0 Å². The monoisotopic (exact) mass is 405 g/mol. The van der Waals surface area contributed by atoms with Crippen molar-refractivity contribution in [3.05, 3.63) is 59.8 Å². The van der Waals surface area contributed by atoms with Gasteiger partial charge < -0.3 is 25.3 Å². The molecule has 1 saturated heterocycles. The van der Waals surface area contributed by atoms with Gasteiger partial charge in [0.1, 0.15) is 5.75 Å². The van der Waals surface area contributed by atoms with Gasteiger partial charge in [0, 0.05) is 49.8 Å². The van der Waals surface area contributed by atoms with Crippen molar-refractivity contribution in [3.8, 4) is 5.75 Å². The molecule has 30 heavy (non-hydrogen) atoms. The second-order valence-electron chi connectivity index (χ2n) is 7.81. The van der Waals surface area contributed by atoms with E-state index in [1.165, 1.54) is 22.0 Å². The number of benzene rings is 2. The molecule has 4 rings (SSSR count). The maximum atomic E-state index is 5.52. The molecular weight excluding hydrogens is 374 g/mol. The van der Waals surface area contributed by atoms with Gasteiger partial charge in [0.05, 0.1) is 12.8 Å². The van der Waals surface area contributed by atoms with Crippen molar-refractivity contribution < 1.29 is 4.74 Å². The molecule has 158 valence electrons. The van der Waals surface area contributed by atoms with Crippen molar-refractivity contribution in [2.24, 2.45) is 4.99 Å². The average Bonchev–Trinajstić information content (AvgIpc) is 3.41. The Labute approximate surface area is 178 Å². The third-order valence-electron chi connectivity index (χ3n) is 5.86. The van der Waals surface area contributed by atoms with Crippen LogP contribution in [0.15, 0.2) is 53.7 Å². The van der Waals surface area contributed by atoms with Crippen molar-refractivity contribution >= 4 is 22.5 Å². The minimum atomic E-state index is 0.358. The first-order valence-electron chi connectivity index (χ1n) is 10.6. The Kier molecular flexibility index (Phi) is 6.12. The zero-order valence-corrected chi connectivity index (χ0v) is 18.0. The van der Waals surface area contributed by atoms with Gasteiger partial charge in [-0.1, -0.05) is 24.3 Å². The summed E-state index contributed by atoms with van der Waals surface area (Å²) in [5, 5.41) is 8.40. The number of rotatable bonds is 6. The zero-order chi connectivity index (χ0) is 20.9. The molecule has 0 saturated carbocycles. The van der Waals surface area contributed by atoms with Gasteiger partial charge in [0.25, 0.3) is 0 Å². The van der Waals surface area contributed by atoms with Gasteiger partial charge in [-0.05, 0) is 49.1 Å². The van der Waals surface area contributed by atoms with E-state index < -0.39 is 0 Å². The number of nitrogens with zero attached hydrogens (tertiary/aromatic N) is 2. The molecular formula is C24H31N5O. The average molecular weight is 406 g/mol. The van der Waals surface area contributed by atoms with Crippen LogP contribution in [0.1, 0.15) is 17.5 Å². The molecule has 0 amide bonds. The summed E-state index contributed by atoms with van der Waals surface area (Å²) in [6.07, 6.45) is 4.14. The fraction of sp³-hybridized carbons (Fsp3) is 0.375. The van der Waals surface area contributed by atoms with Crippen LogP contribution in [-0.2, 0) is 6.42 Å². The third kappa shape index (κ3) is 4.22. The van der Waals surface area contributed by atoms with Crippen LogP contribution in [0.25, 0.3) is 10.9 Å². The summed E-state index contributed by atoms with van der Waals surface area (Å²) in [5.41, 5.74) is 5.01. The van der Waals surface area contributed by atoms with Crippen molar-refractivity contribution in [2.75, 3.05) is 38.7 Å². The van der Waals surface area contributed by atoms with Gasteiger partial charge in [-0.2, -0.15) is 0 Å². The molecule has 0 radical (unpaired) electrons. The molecule has 1 atom stereocenters. The Morgan fingerprint density at radius 3 is 2.93 bits per heavy atom. The molecule has 1 aromatic heterocycles. The molecule has 1 aliphatic rings. The minimum Gasteiger partial charge on any atom is -0.495 e. The number of ether oxygens (including phenoxy) is 1. The van der Waals surface area contributed by atoms with Crippen LogP contribution in [0.4, 0.5) is 5.69 Å². The maximum Gasteiger partial charge on any atom is 0.191 e. The fourth-order valence-electron chi connectivity index (χ4n) is 4.34. The molecule has 1 aliphatic heterocycles. The van der Waals surface area contributed by atoms with E-state index in [-0.39, 0.29) is 0 Å². The van der Waals surface area contributed by atoms with Crippen LogP contribution in [0.3, 0.4) is 0 Å². The first-order valence-corrected chi connectivity index (χ1v) is 10.6. The van der Waals surface area contributed by atoms with E-state index in [1.54, 1.807) is 7.11 Å².